The van der Waals surface area contributed by atoms with E-state index in [9.17, 15) is 14.4 Å². The molecule has 6 heteroatoms. The molecular weight excluding hydrogens is 348 g/mol. The van der Waals surface area contributed by atoms with Gasteiger partial charge in [-0.3, -0.25) is 9.59 Å². The lowest BCUT2D eigenvalue weighted by Crippen LogP contribution is -2.15. The average Bonchev–Trinajstić information content (AvgIpc) is 2.70. The summed E-state index contributed by atoms with van der Waals surface area (Å²) in [6.45, 7) is 3.11. The van der Waals surface area contributed by atoms with Gasteiger partial charge in [0.2, 0.25) is 0 Å². The van der Waals surface area contributed by atoms with E-state index in [1.165, 1.54) is 0 Å². The first-order valence-corrected chi connectivity index (χ1v) is 8.39. The predicted octanol–water partition coefficient (Wildman–Crippen LogP) is 3.31. The largest absolute Gasteiger partial charge is 0.462 e. The molecule has 0 saturated carbocycles. The average molecular weight is 368 g/mol. The van der Waals surface area contributed by atoms with Crippen LogP contribution in [0, 0.1) is 0 Å². The minimum Gasteiger partial charge on any atom is -0.462 e. The van der Waals surface area contributed by atoms with Gasteiger partial charge < -0.3 is 14.2 Å². The van der Waals surface area contributed by atoms with Gasteiger partial charge in [0, 0.05) is 6.08 Å². The van der Waals surface area contributed by atoms with Crippen molar-refractivity contribution < 1.29 is 28.6 Å². The van der Waals surface area contributed by atoms with Gasteiger partial charge in [0.1, 0.15) is 19.0 Å². The molecular formula is C21H20O6. The normalized spacial score (nSPS) is 9.93. The zero-order valence-electron chi connectivity index (χ0n) is 14.8. The first-order valence-electron chi connectivity index (χ1n) is 8.39. The maximum Gasteiger partial charge on any atom is 0.330 e. The number of carbonyl (C=O) groups is 3. The Morgan fingerprint density at radius 1 is 0.778 bits per heavy atom. The molecule has 2 aromatic rings. The number of benzene rings is 2. The maximum absolute atomic E-state index is 11.8. The molecule has 0 radical (unpaired) electrons. The summed E-state index contributed by atoms with van der Waals surface area (Å²) in [4.78, 5) is 34.1. The maximum atomic E-state index is 11.8. The van der Waals surface area contributed by atoms with Crippen LogP contribution in [0.4, 0.5) is 0 Å². The Hall–Kier alpha value is -3.41. The van der Waals surface area contributed by atoms with Crippen LogP contribution in [-0.2, 0) is 23.9 Å². The van der Waals surface area contributed by atoms with E-state index in [4.69, 9.17) is 9.47 Å². The van der Waals surface area contributed by atoms with E-state index in [1.54, 1.807) is 12.1 Å². The van der Waals surface area contributed by atoms with Crippen LogP contribution in [0.5, 0.6) is 5.75 Å². The molecule has 0 aliphatic rings. The molecule has 0 heterocycles. The Bertz CT molecular complexity index is 780. The molecule has 0 bridgehead atoms. The fourth-order valence-electron chi connectivity index (χ4n) is 2.16. The lowest BCUT2D eigenvalue weighted by molar-refractivity contribution is -0.151. The van der Waals surface area contributed by atoms with E-state index in [1.807, 2.05) is 42.5 Å². The molecule has 2 aromatic carbocycles. The third-order valence-electron chi connectivity index (χ3n) is 3.48. The summed E-state index contributed by atoms with van der Waals surface area (Å²) in [5.41, 5.74) is 2.08. The summed E-state index contributed by atoms with van der Waals surface area (Å²) in [5, 5.41) is 0. The highest BCUT2D eigenvalue weighted by atomic mass is 16.6. The van der Waals surface area contributed by atoms with Gasteiger partial charge in [-0.2, -0.15) is 0 Å². The van der Waals surface area contributed by atoms with Crippen LogP contribution in [0.15, 0.2) is 67.3 Å². The van der Waals surface area contributed by atoms with Crippen molar-refractivity contribution in [2.45, 2.75) is 12.8 Å². The van der Waals surface area contributed by atoms with Gasteiger partial charge in [0.05, 0.1) is 12.8 Å². The molecule has 0 saturated heterocycles. The molecule has 0 amide bonds. The van der Waals surface area contributed by atoms with Gasteiger partial charge >= 0.3 is 17.9 Å². The molecule has 0 unspecified atom stereocenters. The van der Waals surface area contributed by atoms with Gasteiger partial charge in [-0.15, -0.1) is 0 Å². The summed E-state index contributed by atoms with van der Waals surface area (Å²) >= 11 is 0. The smallest absolute Gasteiger partial charge is 0.330 e. The van der Waals surface area contributed by atoms with E-state index >= 15 is 0 Å². The number of hydrogen-bond donors (Lipinski definition) is 0. The Kier molecular flexibility index (Phi) is 7.78. The first-order chi connectivity index (χ1) is 13.1. The van der Waals surface area contributed by atoms with E-state index < -0.39 is 17.9 Å². The highest BCUT2D eigenvalue weighted by molar-refractivity contribution is 5.81. The Morgan fingerprint density at radius 2 is 1.37 bits per heavy atom. The van der Waals surface area contributed by atoms with Crippen molar-refractivity contribution in [3.05, 3.63) is 67.3 Å². The van der Waals surface area contributed by atoms with Crippen LogP contribution in [0.1, 0.15) is 12.8 Å². The summed E-state index contributed by atoms with van der Waals surface area (Å²) in [6.07, 6.45) is 0.798. The Labute approximate surface area is 157 Å². The number of esters is 3. The van der Waals surface area contributed by atoms with E-state index in [-0.39, 0.29) is 26.1 Å². The highest BCUT2D eigenvalue weighted by Crippen LogP contribution is 2.22. The highest BCUT2D eigenvalue weighted by Gasteiger charge is 2.10. The third-order valence-corrected chi connectivity index (χ3v) is 3.48. The van der Waals surface area contributed by atoms with Crippen LogP contribution in [-0.4, -0.2) is 31.1 Å². The minimum absolute atomic E-state index is 0.0607. The second-order valence-electron chi connectivity index (χ2n) is 5.46. The Morgan fingerprint density at radius 3 is 2.04 bits per heavy atom. The molecule has 140 valence electrons. The molecule has 0 spiro atoms. The first kappa shape index (κ1) is 19.9. The summed E-state index contributed by atoms with van der Waals surface area (Å²) in [6, 6.07) is 16.9. The van der Waals surface area contributed by atoms with E-state index in [2.05, 4.69) is 11.3 Å². The van der Waals surface area contributed by atoms with Gasteiger partial charge in [0.15, 0.2) is 0 Å². The lowest BCUT2D eigenvalue weighted by Gasteiger charge is -2.07. The number of hydrogen-bond acceptors (Lipinski definition) is 6. The molecule has 6 nitrogen and oxygen atoms in total. The summed E-state index contributed by atoms with van der Waals surface area (Å²) in [7, 11) is 0. The third kappa shape index (κ3) is 7.15. The van der Waals surface area contributed by atoms with Crippen molar-refractivity contribution in [1.82, 2.24) is 0 Å². The summed E-state index contributed by atoms with van der Waals surface area (Å²) in [5.74, 6) is -1.28. The second-order valence-corrected chi connectivity index (χ2v) is 5.46. The van der Waals surface area contributed by atoms with Gasteiger partial charge in [-0.05, 0) is 23.3 Å². The van der Waals surface area contributed by atoms with Crippen LogP contribution in [0.25, 0.3) is 11.1 Å². The molecule has 0 fully saturated rings. The topological polar surface area (TPSA) is 78.9 Å². The van der Waals surface area contributed by atoms with Crippen molar-refractivity contribution in [3.8, 4) is 16.9 Å². The second kappa shape index (κ2) is 10.6. The molecule has 27 heavy (non-hydrogen) atoms. The van der Waals surface area contributed by atoms with E-state index in [0.717, 1.165) is 17.2 Å². The standard InChI is InChI=1S/C21H20O6/c1-2-19(22)25-14-15-26-20(23)12-13-21(24)27-18-10-8-17(9-11-18)16-6-4-3-5-7-16/h2-11H,1,12-15H2. The number of carbonyl (C=O) groups excluding carboxylic acids is 3. The molecule has 0 N–H and O–H groups in total. The van der Waals surface area contributed by atoms with Gasteiger partial charge in [0.25, 0.3) is 0 Å². The Balaban J connectivity index is 1.70. The van der Waals surface area contributed by atoms with Crippen LogP contribution < -0.4 is 4.74 Å². The molecule has 0 aromatic heterocycles. The van der Waals surface area contributed by atoms with E-state index in [0.29, 0.717) is 5.75 Å². The lowest BCUT2D eigenvalue weighted by atomic mass is 10.1. The van der Waals surface area contributed by atoms with Gasteiger partial charge in [-0.1, -0.05) is 49.0 Å². The van der Waals surface area contributed by atoms with Crippen molar-refractivity contribution in [2.24, 2.45) is 0 Å². The molecule has 0 atom stereocenters. The fraction of sp³-hybridized carbons (Fsp3) is 0.190. The SMILES string of the molecule is C=CC(=O)OCCOC(=O)CCC(=O)Oc1ccc(-c2ccccc2)cc1. The van der Waals surface area contributed by atoms with Crippen LogP contribution >= 0.6 is 0 Å². The zero-order chi connectivity index (χ0) is 19.5. The zero-order valence-corrected chi connectivity index (χ0v) is 14.8. The van der Waals surface area contributed by atoms with Crippen LogP contribution in [0.2, 0.25) is 0 Å². The number of ether oxygens (including phenoxy) is 3. The van der Waals surface area contributed by atoms with Gasteiger partial charge in [-0.25, -0.2) is 4.79 Å². The van der Waals surface area contributed by atoms with Crippen molar-refractivity contribution in [2.75, 3.05) is 13.2 Å². The molecule has 0 aliphatic carbocycles. The van der Waals surface area contributed by atoms with Crippen molar-refractivity contribution >= 4 is 17.9 Å². The predicted molar refractivity (Wildman–Crippen MR) is 98.9 cm³/mol. The molecule has 2 rings (SSSR count). The van der Waals surface area contributed by atoms with Crippen molar-refractivity contribution in [3.63, 3.8) is 0 Å². The van der Waals surface area contributed by atoms with Crippen LogP contribution in [0.3, 0.4) is 0 Å². The number of rotatable bonds is 9. The summed E-state index contributed by atoms with van der Waals surface area (Å²) < 4.78 is 14.7. The minimum atomic E-state index is -0.590. The van der Waals surface area contributed by atoms with Crippen molar-refractivity contribution in [1.29, 1.82) is 0 Å². The fourth-order valence-corrected chi connectivity index (χ4v) is 2.16. The monoisotopic (exact) mass is 368 g/mol. The quantitative estimate of drug-likeness (QED) is 0.292. The molecule has 0 aliphatic heterocycles.